The van der Waals surface area contributed by atoms with Crippen LogP contribution in [-0.2, 0) is 0 Å². The summed E-state index contributed by atoms with van der Waals surface area (Å²) >= 11 is 0. The molecule has 2 N–H and O–H groups in total. The maximum absolute atomic E-state index is 13.0. The van der Waals surface area contributed by atoms with Crippen LogP contribution in [0.15, 0.2) is 42.9 Å². The van der Waals surface area contributed by atoms with Gasteiger partial charge in [-0.05, 0) is 12.5 Å². The van der Waals surface area contributed by atoms with Crippen molar-refractivity contribution in [3.05, 3.63) is 59.5 Å². The summed E-state index contributed by atoms with van der Waals surface area (Å²) in [5.74, 6) is 0.357. The molecule has 3 heterocycles. The topological polar surface area (TPSA) is 80.3 Å². The number of carbonyl (C=O) groups is 1. The van der Waals surface area contributed by atoms with E-state index in [-0.39, 0.29) is 11.8 Å². The Bertz CT molecular complexity index is 1080. The van der Waals surface area contributed by atoms with Crippen LogP contribution in [0, 0.1) is 0 Å². The Balaban J connectivity index is 1.85. The van der Waals surface area contributed by atoms with Crippen LogP contribution in [0.3, 0.4) is 0 Å². The van der Waals surface area contributed by atoms with Crippen LogP contribution in [0.25, 0.3) is 11.1 Å². The fourth-order valence-electron chi connectivity index (χ4n) is 3.74. The maximum Gasteiger partial charge on any atom is 0.333 e. The minimum atomic E-state index is -2.72. The van der Waals surface area contributed by atoms with E-state index in [0.29, 0.717) is 27.2 Å². The summed E-state index contributed by atoms with van der Waals surface area (Å²) < 4.78 is 26.5. The first-order chi connectivity index (χ1) is 13.8. The number of nitrogens with two attached hydrogens (primary N) is 1. The number of hydrogen-bond acceptors (Lipinski definition) is 6. The van der Waals surface area contributed by atoms with Crippen molar-refractivity contribution < 1.29 is 13.6 Å². The van der Waals surface area contributed by atoms with Crippen molar-refractivity contribution in [2.75, 3.05) is 24.8 Å². The molecule has 9 heteroatoms. The fraction of sp³-hybridized carbons (Fsp3) is 0.250. The van der Waals surface area contributed by atoms with Crippen molar-refractivity contribution in [1.82, 2.24) is 19.8 Å². The number of benzene rings is 1. The molecule has 0 spiro atoms. The monoisotopic (exact) mass is 398 g/mol. The zero-order valence-electron chi connectivity index (χ0n) is 16.2. The van der Waals surface area contributed by atoms with Gasteiger partial charge < -0.3 is 10.7 Å². The van der Waals surface area contributed by atoms with Crippen molar-refractivity contribution in [3.63, 3.8) is 0 Å². The zero-order valence-corrected chi connectivity index (χ0v) is 16.2. The molecule has 0 saturated carbocycles. The molecule has 0 amide bonds. The van der Waals surface area contributed by atoms with Gasteiger partial charge in [0.05, 0.1) is 17.9 Å². The van der Waals surface area contributed by atoms with Crippen LogP contribution in [0.2, 0.25) is 0 Å². The molecule has 0 radical (unpaired) electrons. The third-order valence-electron chi connectivity index (χ3n) is 5.31. The Hall–Kier alpha value is -3.33. The van der Waals surface area contributed by atoms with E-state index in [2.05, 4.69) is 10.1 Å². The first kappa shape index (κ1) is 19.0. The lowest BCUT2D eigenvalue weighted by Gasteiger charge is -2.27. The molecule has 2 aromatic heterocycles. The summed E-state index contributed by atoms with van der Waals surface area (Å²) in [6.45, 7) is -1.19. The highest BCUT2D eigenvalue weighted by molar-refractivity contribution is 5.94. The molecular formula is C20H20F2N6O. The lowest BCUT2D eigenvalue weighted by atomic mass is 9.95. The highest BCUT2D eigenvalue weighted by Crippen LogP contribution is 2.48. The summed E-state index contributed by atoms with van der Waals surface area (Å²) in [5, 5.41) is 7.65. The Morgan fingerprint density at radius 2 is 1.86 bits per heavy atom. The van der Waals surface area contributed by atoms with Gasteiger partial charge in [-0.25, -0.2) is 14.7 Å². The number of nitrogens with zero attached hydrogens (tertiary/aromatic N) is 5. The van der Waals surface area contributed by atoms with Gasteiger partial charge in [-0.3, -0.25) is 4.79 Å². The number of ketones is 1. The molecule has 1 unspecified atom stereocenters. The van der Waals surface area contributed by atoms with E-state index in [0.717, 1.165) is 16.8 Å². The van der Waals surface area contributed by atoms with Gasteiger partial charge in [-0.15, -0.1) is 0 Å². The van der Waals surface area contributed by atoms with E-state index in [1.807, 2.05) is 36.2 Å². The van der Waals surface area contributed by atoms with E-state index < -0.39 is 6.55 Å². The summed E-state index contributed by atoms with van der Waals surface area (Å²) in [6, 6.07) is 7.12. The normalized spacial score (nSPS) is 16.5. The van der Waals surface area contributed by atoms with E-state index in [4.69, 9.17) is 5.73 Å². The number of Topliss-reactive ketones (excluding diaryl/α,β-unsaturated/α-hetero) is 1. The average Bonchev–Trinajstić information content (AvgIpc) is 3.28. The fourth-order valence-corrected chi connectivity index (χ4v) is 3.74. The SMILES string of the molecule is CC(=O)c1ccc(C2c3c(N)ncc(-c4cnn(C(F)F)c4)c3N(C)N2C)cc1. The first-order valence-corrected chi connectivity index (χ1v) is 8.98. The molecule has 150 valence electrons. The number of halogens is 2. The number of pyridine rings is 1. The molecule has 0 bridgehead atoms. The first-order valence-electron chi connectivity index (χ1n) is 8.98. The number of hydrazine groups is 1. The van der Waals surface area contributed by atoms with E-state index >= 15 is 0 Å². The number of aromatic nitrogens is 3. The predicted molar refractivity (Wildman–Crippen MR) is 106 cm³/mol. The second-order valence-corrected chi connectivity index (χ2v) is 6.98. The molecule has 7 nitrogen and oxygen atoms in total. The molecule has 1 atom stereocenters. The number of hydrogen-bond donors (Lipinski definition) is 1. The van der Waals surface area contributed by atoms with Crippen molar-refractivity contribution in [1.29, 1.82) is 0 Å². The van der Waals surface area contributed by atoms with Gasteiger partial charge >= 0.3 is 6.55 Å². The quantitative estimate of drug-likeness (QED) is 0.678. The van der Waals surface area contributed by atoms with Gasteiger partial charge in [0.15, 0.2) is 5.78 Å². The highest BCUT2D eigenvalue weighted by atomic mass is 19.3. The molecule has 1 aliphatic heterocycles. The standard InChI is InChI=1S/C20H20F2N6O/c1-11(29)12-4-6-13(7-5-12)17-16-18(27(3)26(17)2)15(9-24-19(16)23)14-8-25-28(10-14)20(21)22/h4-10,17,20H,1-3H3,(H2,23,24). The number of anilines is 2. The van der Waals surface area contributed by atoms with Crippen molar-refractivity contribution in [2.45, 2.75) is 19.5 Å². The van der Waals surface area contributed by atoms with Gasteiger partial charge in [0.25, 0.3) is 0 Å². The second-order valence-electron chi connectivity index (χ2n) is 6.98. The van der Waals surface area contributed by atoms with Crippen molar-refractivity contribution >= 4 is 17.3 Å². The molecule has 0 saturated heterocycles. The van der Waals surface area contributed by atoms with Crippen molar-refractivity contribution in [2.24, 2.45) is 0 Å². The number of alkyl halides is 2. The van der Waals surface area contributed by atoms with E-state index in [1.165, 1.54) is 19.3 Å². The average molecular weight is 398 g/mol. The van der Waals surface area contributed by atoms with Crippen LogP contribution < -0.4 is 10.7 Å². The zero-order chi connectivity index (χ0) is 20.9. The predicted octanol–water partition coefficient (Wildman–Crippen LogP) is 3.51. The largest absolute Gasteiger partial charge is 0.383 e. The molecule has 29 heavy (non-hydrogen) atoms. The van der Waals surface area contributed by atoms with Gasteiger partial charge in [0.2, 0.25) is 0 Å². The molecule has 0 fully saturated rings. The molecule has 1 aromatic carbocycles. The molecule has 3 aromatic rings. The maximum atomic E-state index is 13.0. The van der Waals surface area contributed by atoms with E-state index in [9.17, 15) is 13.6 Å². The molecule has 1 aliphatic rings. The lowest BCUT2D eigenvalue weighted by molar-refractivity contribution is 0.0566. The third-order valence-corrected chi connectivity index (χ3v) is 5.31. The van der Waals surface area contributed by atoms with Crippen LogP contribution in [0.4, 0.5) is 20.3 Å². The minimum Gasteiger partial charge on any atom is -0.383 e. The number of rotatable bonds is 4. The Morgan fingerprint density at radius 1 is 1.17 bits per heavy atom. The summed E-state index contributed by atoms with van der Waals surface area (Å²) in [7, 11) is 3.79. The Labute approximate surface area is 166 Å². The van der Waals surface area contributed by atoms with Crippen LogP contribution in [0.1, 0.15) is 41.0 Å². The number of nitrogen functional groups attached to an aromatic ring is 1. The number of carbonyl (C=O) groups excluding carboxylic acids is 1. The third kappa shape index (κ3) is 3.03. The van der Waals surface area contributed by atoms with Crippen LogP contribution >= 0.6 is 0 Å². The highest BCUT2D eigenvalue weighted by Gasteiger charge is 2.37. The smallest absolute Gasteiger partial charge is 0.333 e. The summed E-state index contributed by atoms with van der Waals surface area (Å²) in [4.78, 5) is 15.9. The molecular weight excluding hydrogens is 378 g/mol. The van der Waals surface area contributed by atoms with Gasteiger partial charge in [0.1, 0.15) is 5.82 Å². The summed E-state index contributed by atoms with van der Waals surface area (Å²) in [5.41, 5.74) is 10.6. The van der Waals surface area contributed by atoms with E-state index in [1.54, 1.807) is 18.3 Å². The Morgan fingerprint density at radius 3 is 2.45 bits per heavy atom. The van der Waals surface area contributed by atoms with Crippen LogP contribution in [-0.4, -0.2) is 39.7 Å². The van der Waals surface area contributed by atoms with Gasteiger partial charge in [-0.2, -0.15) is 13.9 Å². The Kier molecular flexibility index (Phi) is 4.54. The van der Waals surface area contributed by atoms with Gasteiger partial charge in [-0.1, -0.05) is 24.3 Å². The van der Waals surface area contributed by atoms with Gasteiger partial charge in [0, 0.05) is 48.7 Å². The van der Waals surface area contributed by atoms with Crippen LogP contribution in [0.5, 0.6) is 0 Å². The number of fused-ring (bicyclic) bond motifs is 1. The second kappa shape index (κ2) is 6.93. The minimum absolute atomic E-state index is 0.00615. The summed E-state index contributed by atoms with van der Waals surface area (Å²) in [6.07, 6.45) is 4.26. The molecule has 0 aliphatic carbocycles. The lowest BCUT2D eigenvalue weighted by Crippen LogP contribution is -2.33. The molecule has 4 rings (SSSR count). The van der Waals surface area contributed by atoms with Crippen molar-refractivity contribution in [3.8, 4) is 11.1 Å².